The molecule has 1 aromatic heterocycles. The Balaban J connectivity index is 1.54. The first kappa shape index (κ1) is 18.9. The predicted molar refractivity (Wildman–Crippen MR) is 116 cm³/mol. The van der Waals surface area contributed by atoms with Gasteiger partial charge in [0.05, 0.1) is 12.0 Å². The van der Waals surface area contributed by atoms with Crippen LogP contribution in [0.3, 0.4) is 0 Å². The molecule has 1 atom stereocenters. The average molecular weight is 391 g/mol. The zero-order valence-corrected chi connectivity index (χ0v) is 16.8. The van der Waals surface area contributed by atoms with Crippen LogP contribution in [-0.2, 0) is 4.79 Å². The summed E-state index contributed by atoms with van der Waals surface area (Å²) < 4.78 is 0. The monoisotopic (exact) mass is 390 g/mol. The van der Waals surface area contributed by atoms with Gasteiger partial charge in [0, 0.05) is 11.4 Å². The first-order chi connectivity index (χ1) is 13.8. The minimum Gasteiger partial charge on any atom is -0.353 e. The Morgan fingerprint density at radius 1 is 0.893 bits per heavy atom. The number of carbonyl (C=O) groups is 1. The number of thiophene rings is 1. The van der Waals surface area contributed by atoms with Crippen molar-refractivity contribution in [3.63, 3.8) is 0 Å². The van der Waals surface area contributed by atoms with Crippen molar-refractivity contribution in [1.29, 1.82) is 0 Å². The highest BCUT2D eigenvalue weighted by atomic mass is 32.1. The Morgan fingerprint density at radius 2 is 1.50 bits per heavy atom. The number of carbonyl (C=O) groups excluding carboxylic acids is 1. The van der Waals surface area contributed by atoms with Gasteiger partial charge in [0.1, 0.15) is 0 Å². The van der Waals surface area contributed by atoms with Gasteiger partial charge in [-0.15, -0.1) is 11.3 Å². The fourth-order valence-electron chi connectivity index (χ4n) is 4.03. The van der Waals surface area contributed by atoms with E-state index >= 15 is 0 Å². The highest BCUT2D eigenvalue weighted by molar-refractivity contribution is 7.10. The minimum atomic E-state index is -0.287. The van der Waals surface area contributed by atoms with Gasteiger partial charge in [0.25, 0.3) is 0 Å². The summed E-state index contributed by atoms with van der Waals surface area (Å²) in [6.07, 6.45) is 2.49. The van der Waals surface area contributed by atoms with Crippen LogP contribution in [0.2, 0.25) is 0 Å². The van der Waals surface area contributed by atoms with Crippen LogP contribution in [0.4, 0.5) is 0 Å². The van der Waals surface area contributed by atoms with Gasteiger partial charge in [0.15, 0.2) is 0 Å². The lowest BCUT2D eigenvalue weighted by Gasteiger charge is -2.28. The van der Waals surface area contributed by atoms with Gasteiger partial charge in [-0.2, -0.15) is 0 Å². The Bertz CT molecular complexity index is 819. The molecule has 2 aromatic carbocycles. The molecule has 0 bridgehead atoms. The van der Waals surface area contributed by atoms with E-state index in [1.807, 2.05) is 60.7 Å². The van der Waals surface area contributed by atoms with E-state index in [4.69, 9.17) is 0 Å². The Morgan fingerprint density at radius 3 is 2.04 bits per heavy atom. The molecule has 0 aliphatic carbocycles. The van der Waals surface area contributed by atoms with Gasteiger partial charge in [-0.05, 0) is 48.5 Å². The number of hydrogen-bond acceptors (Lipinski definition) is 3. The maximum atomic E-state index is 13.3. The second kappa shape index (κ2) is 9.18. The van der Waals surface area contributed by atoms with Crippen LogP contribution >= 0.6 is 11.3 Å². The molecule has 3 aromatic rings. The van der Waals surface area contributed by atoms with Crippen molar-refractivity contribution in [2.24, 2.45) is 0 Å². The highest BCUT2D eigenvalue weighted by Gasteiger charge is 2.27. The number of benzene rings is 2. The number of hydrogen-bond donors (Lipinski definition) is 1. The van der Waals surface area contributed by atoms with Crippen molar-refractivity contribution in [2.45, 2.75) is 24.8 Å². The lowest BCUT2D eigenvalue weighted by Crippen LogP contribution is -2.38. The molecule has 28 heavy (non-hydrogen) atoms. The molecule has 1 aliphatic rings. The maximum Gasteiger partial charge on any atom is 0.232 e. The van der Waals surface area contributed by atoms with Crippen LogP contribution in [-0.4, -0.2) is 30.4 Å². The summed E-state index contributed by atoms with van der Waals surface area (Å²) >= 11 is 1.78. The molecule has 2 heterocycles. The van der Waals surface area contributed by atoms with Crippen LogP contribution < -0.4 is 5.32 Å². The summed E-state index contributed by atoms with van der Waals surface area (Å²) in [5, 5.41) is 5.39. The van der Waals surface area contributed by atoms with Crippen LogP contribution in [0, 0.1) is 0 Å². The van der Waals surface area contributed by atoms with Gasteiger partial charge >= 0.3 is 0 Å². The largest absolute Gasteiger partial charge is 0.353 e. The smallest absolute Gasteiger partial charge is 0.232 e. The van der Waals surface area contributed by atoms with Crippen molar-refractivity contribution in [1.82, 2.24) is 10.2 Å². The number of rotatable bonds is 7. The van der Waals surface area contributed by atoms with Crippen molar-refractivity contribution in [3.05, 3.63) is 94.2 Å². The molecule has 0 radical (unpaired) electrons. The molecule has 1 aliphatic heterocycles. The summed E-state index contributed by atoms with van der Waals surface area (Å²) in [5.41, 5.74) is 2.06. The number of amides is 1. The standard InChI is InChI=1S/C24H26N2OS/c27-24(23(19-10-3-1-4-11-19)20-12-5-2-6-13-20)25-18-21(22-14-9-17-28-22)26-15-7-8-16-26/h1-6,9-14,17,21,23H,7-8,15-16,18H2,(H,25,27)/t21-/m0/s1. The van der Waals surface area contributed by atoms with E-state index in [0.717, 1.165) is 24.2 Å². The van der Waals surface area contributed by atoms with Crippen molar-refractivity contribution < 1.29 is 4.79 Å². The van der Waals surface area contributed by atoms with Gasteiger partial charge in [-0.3, -0.25) is 9.69 Å². The topological polar surface area (TPSA) is 32.3 Å². The molecule has 4 rings (SSSR count). The molecule has 1 N–H and O–H groups in total. The molecule has 0 spiro atoms. The van der Waals surface area contributed by atoms with Gasteiger partial charge in [-0.25, -0.2) is 0 Å². The lowest BCUT2D eigenvalue weighted by atomic mass is 9.90. The van der Waals surface area contributed by atoms with Crippen molar-refractivity contribution in [2.75, 3.05) is 19.6 Å². The van der Waals surface area contributed by atoms with Crippen LogP contribution in [0.15, 0.2) is 78.2 Å². The van der Waals surface area contributed by atoms with E-state index in [-0.39, 0.29) is 17.9 Å². The Kier molecular flexibility index (Phi) is 6.20. The van der Waals surface area contributed by atoms with Crippen LogP contribution in [0.25, 0.3) is 0 Å². The lowest BCUT2D eigenvalue weighted by molar-refractivity contribution is -0.121. The molecule has 1 amide bonds. The SMILES string of the molecule is O=C(NC[C@@H](c1cccs1)N1CCCC1)C(c1ccccc1)c1ccccc1. The molecule has 144 valence electrons. The van der Waals surface area contributed by atoms with Gasteiger partial charge in [0.2, 0.25) is 5.91 Å². The van der Waals surface area contributed by atoms with Gasteiger partial charge in [-0.1, -0.05) is 66.7 Å². The second-order valence-electron chi connectivity index (χ2n) is 7.27. The fourth-order valence-corrected chi connectivity index (χ4v) is 4.89. The summed E-state index contributed by atoms with van der Waals surface area (Å²) in [6.45, 7) is 2.87. The average Bonchev–Trinajstić information content (AvgIpc) is 3.45. The van der Waals surface area contributed by atoms with E-state index in [1.54, 1.807) is 11.3 Å². The van der Waals surface area contributed by atoms with Crippen LogP contribution in [0.1, 0.15) is 40.8 Å². The molecule has 1 fully saturated rings. The molecule has 0 unspecified atom stereocenters. The molecular formula is C24H26N2OS. The summed E-state index contributed by atoms with van der Waals surface area (Å²) in [7, 11) is 0. The third kappa shape index (κ3) is 4.34. The molecule has 1 saturated heterocycles. The molecular weight excluding hydrogens is 364 g/mol. The van der Waals surface area contributed by atoms with E-state index in [9.17, 15) is 4.79 Å². The van der Waals surface area contributed by atoms with Crippen molar-refractivity contribution >= 4 is 17.2 Å². The summed E-state index contributed by atoms with van der Waals surface area (Å²) in [6, 6.07) is 24.7. The Hall–Kier alpha value is -2.43. The molecule has 3 nitrogen and oxygen atoms in total. The van der Waals surface area contributed by atoms with Crippen molar-refractivity contribution in [3.8, 4) is 0 Å². The minimum absolute atomic E-state index is 0.0677. The second-order valence-corrected chi connectivity index (χ2v) is 8.25. The zero-order chi connectivity index (χ0) is 19.2. The summed E-state index contributed by atoms with van der Waals surface area (Å²) in [5.74, 6) is -0.219. The molecule has 0 saturated carbocycles. The highest BCUT2D eigenvalue weighted by Crippen LogP contribution is 2.29. The van der Waals surface area contributed by atoms with E-state index in [1.165, 1.54) is 17.7 Å². The quantitative estimate of drug-likeness (QED) is 0.626. The summed E-state index contributed by atoms with van der Waals surface area (Å²) in [4.78, 5) is 17.1. The van der Waals surface area contributed by atoms with E-state index < -0.39 is 0 Å². The molecule has 4 heteroatoms. The number of likely N-dealkylation sites (tertiary alicyclic amines) is 1. The zero-order valence-electron chi connectivity index (χ0n) is 16.0. The fraction of sp³-hybridized carbons (Fsp3) is 0.292. The number of nitrogens with one attached hydrogen (secondary N) is 1. The first-order valence-corrected chi connectivity index (χ1v) is 10.9. The predicted octanol–water partition coefficient (Wildman–Crippen LogP) is 4.83. The third-order valence-electron chi connectivity index (χ3n) is 5.45. The number of nitrogens with zero attached hydrogens (tertiary/aromatic N) is 1. The van der Waals surface area contributed by atoms with Gasteiger partial charge < -0.3 is 5.32 Å². The van der Waals surface area contributed by atoms with E-state index in [2.05, 4.69) is 27.7 Å². The first-order valence-electron chi connectivity index (χ1n) is 9.98. The van der Waals surface area contributed by atoms with E-state index in [0.29, 0.717) is 6.54 Å². The van der Waals surface area contributed by atoms with Crippen LogP contribution in [0.5, 0.6) is 0 Å². The third-order valence-corrected chi connectivity index (χ3v) is 6.42. The maximum absolute atomic E-state index is 13.3. The Labute approximate surface area is 171 Å². The normalized spacial score (nSPS) is 15.6.